The van der Waals surface area contributed by atoms with Crippen LogP contribution in [0, 0.1) is 11.8 Å². The maximum atomic E-state index is 12.0. The monoisotopic (exact) mass is 240 g/mol. The summed E-state index contributed by atoms with van der Waals surface area (Å²) in [5, 5.41) is 15.6. The second-order valence-electron chi connectivity index (χ2n) is 5.97. The fourth-order valence-corrected chi connectivity index (χ4v) is 3.28. The molecule has 1 aliphatic carbocycles. The third kappa shape index (κ3) is 3.42. The minimum atomic E-state index is -0.366. The van der Waals surface area contributed by atoms with E-state index in [4.69, 9.17) is 0 Å². The lowest BCUT2D eigenvalue weighted by Crippen LogP contribution is -2.47. The van der Waals surface area contributed by atoms with Crippen molar-refractivity contribution in [1.82, 2.24) is 10.6 Å². The molecule has 4 nitrogen and oxygen atoms in total. The van der Waals surface area contributed by atoms with E-state index in [1.54, 1.807) is 0 Å². The molecule has 0 spiro atoms. The van der Waals surface area contributed by atoms with Crippen LogP contribution in [-0.4, -0.2) is 35.7 Å². The zero-order valence-corrected chi connectivity index (χ0v) is 10.8. The summed E-state index contributed by atoms with van der Waals surface area (Å²) in [6, 6.07) is 0.123. The summed E-state index contributed by atoms with van der Waals surface area (Å²) in [7, 11) is 0. The Balaban J connectivity index is 1.81. The molecule has 0 bridgehead atoms. The number of hydrogen-bond donors (Lipinski definition) is 3. The van der Waals surface area contributed by atoms with E-state index >= 15 is 0 Å². The standard InChI is InChI=1S/C13H24N2O2/c1-8-3-9(2)5-10(4-8)15-13(17)12-6-11(16)7-14-12/h8-12,14,16H,3-7H2,1-2H3,(H,15,17)/t8-,9+,10?,11-,12+/m1/s1. The Bertz CT molecular complexity index is 273. The maximum Gasteiger partial charge on any atom is 0.237 e. The molecule has 1 saturated heterocycles. The molecule has 0 aromatic heterocycles. The minimum Gasteiger partial charge on any atom is -0.392 e. The number of hydrogen-bond acceptors (Lipinski definition) is 3. The molecule has 1 unspecified atom stereocenters. The average molecular weight is 240 g/mol. The smallest absolute Gasteiger partial charge is 0.237 e. The van der Waals surface area contributed by atoms with E-state index in [1.807, 2.05) is 0 Å². The molecule has 2 fully saturated rings. The number of aliphatic hydroxyl groups excluding tert-OH is 1. The molecule has 2 aliphatic rings. The molecule has 17 heavy (non-hydrogen) atoms. The number of amides is 1. The summed E-state index contributed by atoms with van der Waals surface area (Å²) in [4.78, 5) is 12.0. The highest BCUT2D eigenvalue weighted by Gasteiger charge is 2.31. The summed E-state index contributed by atoms with van der Waals surface area (Å²) in [6.07, 6.45) is 3.63. The Morgan fingerprint density at radius 1 is 1.18 bits per heavy atom. The topological polar surface area (TPSA) is 61.4 Å². The third-order valence-electron chi connectivity index (χ3n) is 3.95. The van der Waals surface area contributed by atoms with Crippen molar-refractivity contribution in [2.45, 2.75) is 57.7 Å². The van der Waals surface area contributed by atoms with Crippen LogP contribution in [0.5, 0.6) is 0 Å². The Hall–Kier alpha value is -0.610. The molecule has 98 valence electrons. The molecule has 1 saturated carbocycles. The van der Waals surface area contributed by atoms with Gasteiger partial charge in [-0.1, -0.05) is 13.8 Å². The number of carbonyl (C=O) groups excluding carboxylic acids is 1. The van der Waals surface area contributed by atoms with Crippen LogP contribution in [0.1, 0.15) is 39.5 Å². The van der Waals surface area contributed by atoms with Crippen molar-refractivity contribution in [3.8, 4) is 0 Å². The fourth-order valence-electron chi connectivity index (χ4n) is 3.28. The van der Waals surface area contributed by atoms with Gasteiger partial charge in [-0.05, 0) is 37.5 Å². The molecular weight excluding hydrogens is 216 g/mol. The lowest BCUT2D eigenvalue weighted by Gasteiger charge is -2.32. The Morgan fingerprint density at radius 3 is 2.35 bits per heavy atom. The highest BCUT2D eigenvalue weighted by atomic mass is 16.3. The quantitative estimate of drug-likeness (QED) is 0.664. The molecule has 5 atom stereocenters. The van der Waals surface area contributed by atoms with Crippen molar-refractivity contribution < 1.29 is 9.90 Å². The minimum absolute atomic E-state index is 0.0628. The molecule has 3 N–H and O–H groups in total. The van der Waals surface area contributed by atoms with Gasteiger partial charge in [-0.3, -0.25) is 4.79 Å². The van der Waals surface area contributed by atoms with E-state index < -0.39 is 0 Å². The molecule has 2 rings (SSSR count). The third-order valence-corrected chi connectivity index (χ3v) is 3.95. The van der Waals surface area contributed by atoms with Gasteiger partial charge in [0.05, 0.1) is 12.1 Å². The first kappa shape index (κ1) is 12.8. The number of carbonyl (C=O) groups is 1. The second-order valence-corrected chi connectivity index (χ2v) is 5.97. The van der Waals surface area contributed by atoms with Crippen molar-refractivity contribution in [3.63, 3.8) is 0 Å². The van der Waals surface area contributed by atoms with Crippen molar-refractivity contribution in [3.05, 3.63) is 0 Å². The lowest BCUT2D eigenvalue weighted by molar-refractivity contribution is -0.124. The van der Waals surface area contributed by atoms with Gasteiger partial charge < -0.3 is 15.7 Å². The number of nitrogens with one attached hydrogen (secondary N) is 2. The van der Waals surface area contributed by atoms with Crippen LogP contribution in [-0.2, 0) is 4.79 Å². The predicted octanol–water partition coefficient (Wildman–Crippen LogP) is 0.650. The van der Waals surface area contributed by atoms with Crippen molar-refractivity contribution in [2.75, 3.05) is 6.54 Å². The Labute approximate surface area is 103 Å². The average Bonchev–Trinajstić information content (AvgIpc) is 2.63. The first-order valence-corrected chi connectivity index (χ1v) is 6.76. The van der Waals surface area contributed by atoms with Gasteiger partial charge in [0.2, 0.25) is 5.91 Å². The lowest BCUT2D eigenvalue weighted by atomic mass is 9.80. The van der Waals surface area contributed by atoms with Crippen molar-refractivity contribution in [1.29, 1.82) is 0 Å². The van der Waals surface area contributed by atoms with Crippen LogP contribution in [0.4, 0.5) is 0 Å². The van der Waals surface area contributed by atoms with Gasteiger partial charge in [0.15, 0.2) is 0 Å². The van der Waals surface area contributed by atoms with Crippen LogP contribution in [0.2, 0.25) is 0 Å². The predicted molar refractivity (Wildman–Crippen MR) is 66.5 cm³/mol. The SMILES string of the molecule is C[C@@H]1CC(NC(=O)[C@@H]2C[C@@H](O)CN2)C[C@H](C)C1. The molecule has 0 aromatic rings. The maximum absolute atomic E-state index is 12.0. The van der Waals surface area contributed by atoms with Crippen LogP contribution < -0.4 is 10.6 Å². The highest BCUT2D eigenvalue weighted by molar-refractivity contribution is 5.82. The number of aliphatic hydroxyl groups is 1. The van der Waals surface area contributed by atoms with Gasteiger partial charge >= 0.3 is 0 Å². The van der Waals surface area contributed by atoms with Crippen LogP contribution >= 0.6 is 0 Å². The van der Waals surface area contributed by atoms with E-state index in [0.717, 1.165) is 12.8 Å². The fraction of sp³-hybridized carbons (Fsp3) is 0.923. The van der Waals surface area contributed by atoms with E-state index in [-0.39, 0.29) is 18.1 Å². The van der Waals surface area contributed by atoms with Gasteiger partial charge in [0.25, 0.3) is 0 Å². The van der Waals surface area contributed by atoms with E-state index in [1.165, 1.54) is 6.42 Å². The normalized spacial score (nSPS) is 42.4. The molecule has 1 heterocycles. The molecule has 1 aliphatic heterocycles. The van der Waals surface area contributed by atoms with E-state index in [9.17, 15) is 9.90 Å². The first-order valence-electron chi connectivity index (χ1n) is 6.76. The number of rotatable bonds is 2. The highest BCUT2D eigenvalue weighted by Crippen LogP contribution is 2.28. The van der Waals surface area contributed by atoms with Crippen molar-refractivity contribution in [2.24, 2.45) is 11.8 Å². The summed E-state index contributed by atoms with van der Waals surface area (Å²) in [5.74, 6) is 1.46. The van der Waals surface area contributed by atoms with Gasteiger partial charge in [0.1, 0.15) is 0 Å². The second kappa shape index (κ2) is 5.36. The van der Waals surface area contributed by atoms with E-state index in [0.29, 0.717) is 30.8 Å². The van der Waals surface area contributed by atoms with E-state index in [2.05, 4.69) is 24.5 Å². The Morgan fingerprint density at radius 2 is 1.82 bits per heavy atom. The van der Waals surface area contributed by atoms with Gasteiger partial charge in [-0.25, -0.2) is 0 Å². The zero-order chi connectivity index (χ0) is 12.4. The van der Waals surface area contributed by atoms with Gasteiger partial charge in [0, 0.05) is 12.6 Å². The number of β-amino-alcohol motifs (C(OH)–C–C–N with tert-alkyl or cyclic N) is 1. The summed E-state index contributed by atoms with van der Waals surface area (Å²) in [6.45, 7) is 5.05. The molecular formula is C13H24N2O2. The van der Waals surface area contributed by atoms with Crippen LogP contribution in [0.15, 0.2) is 0 Å². The summed E-state index contributed by atoms with van der Waals surface area (Å²) in [5.41, 5.74) is 0. The van der Waals surface area contributed by atoms with Gasteiger partial charge in [-0.2, -0.15) is 0 Å². The van der Waals surface area contributed by atoms with Gasteiger partial charge in [-0.15, -0.1) is 0 Å². The molecule has 4 heteroatoms. The van der Waals surface area contributed by atoms with Crippen molar-refractivity contribution >= 4 is 5.91 Å². The van der Waals surface area contributed by atoms with Crippen LogP contribution in [0.25, 0.3) is 0 Å². The molecule has 0 radical (unpaired) electrons. The molecule has 0 aromatic carbocycles. The zero-order valence-electron chi connectivity index (χ0n) is 10.8. The largest absolute Gasteiger partial charge is 0.392 e. The summed E-state index contributed by atoms with van der Waals surface area (Å²) < 4.78 is 0. The molecule has 1 amide bonds. The van der Waals surface area contributed by atoms with Crippen LogP contribution in [0.3, 0.4) is 0 Å². The summed E-state index contributed by atoms with van der Waals surface area (Å²) >= 11 is 0. The first-order chi connectivity index (χ1) is 8.04. The Kier molecular flexibility index (Phi) is 4.05.